The number of hydrogen-bond acceptors (Lipinski definition) is 3. The van der Waals surface area contributed by atoms with Crippen molar-refractivity contribution in [1.82, 2.24) is 10.3 Å². The topological polar surface area (TPSA) is 28.2 Å². The minimum Gasteiger partial charge on any atom is -0.369 e. The number of hydrogen-bond donors (Lipinski definition) is 1. The van der Waals surface area contributed by atoms with Gasteiger partial charge < -0.3 is 10.2 Å². The van der Waals surface area contributed by atoms with Crippen LogP contribution in [0.25, 0.3) is 0 Å². The molecular formula is C14H20F3N3. The van der Waals surface area contributed by atoms with Crippen LogP contribution in [0.2, 0.25) is 0 Å². The van der Waals surface area contributed by atoms with E-state index in [0.717, 1.165) is 17.8 Å². The lowest BCUT2D eigenvalue weighted by Gasteiger charge is -2.36. The van der Waals surface area contributed by atoms with Gasteiger partial charge in [0.1, 0.15) is 0 Å². The van der Waals surface area contributed by atoms with E-state index >= 15 is 0 Å². The Kier molecular flexibility index (Phi) is 4.86. The summed E-state index contributed by atoms with van der Waals surface area (Å²) in [6.45, 7) is 4.18. The summed E-state index contributed by atoms with van der Waals surface area (Å²) in [4.78, 5) is 5.89. The van der Waals surface area contributed by atoms with E-state index in [-0.39, 0.29) is 13.0 Å². The SMILES string of the molecule is CCNCc1ccncc1N1CCCC(C(F)(F)F)C1. The molecule has 2 heterocycles. The lowest BCUT2D eigenvalue weighted by molar-refractivity contribution is -0.176. The predicted molar refractivity (Wildman–Crippen MR) is 72.6 cm³/mol. The highest BCUT2D eigenvalue weighted by atomic mass is 19.4. The van der Waals surface area contributed by atoms with Gasteiger partial charge in [0.25, 0.3) is 0 Å². The fraction of sp³-hybridized carbons (Fsp3) is 0.643. The van der Waals surface area contributed by atoms with Crippen LogP contribution in [-0.2, 0) is 6.54 Å². The molecule has 1 aromatic heterocycles. The molecule has 20 heavy (non-hydrogen) atoms. The predicted octanol–water partition coefficient (Wildman–Crippen LogP) is 2.97. The van der Waals surface area contributed by atoms with Gasteiger partial charge in [0.2, 0.25) is 0 Å². The van der Waals surface area contributed by atoms with Crippen molar-refractivity contribution in [2.24, 2.45) is 5.92 Å². The third kappa shape index (κ3) is 3.62. The third-order valence-corrected chi connectivity index (χ3v) is 3.68. The molecule has 3 nitrogen and oxygen atoms in total. The summed E-state index contributed by atoms with van der Waals surface area (Å²) in [6.07, 6.45) is 0.0397. The monoisotopic (exact) mass is 287 g/mol. The lowest BCUT2D eigenvalue weighted by atomic mass is 9.96. The van der Waals surface area contributed by atoms with Crippen molar-refractivity contribution in [3.8, 4) is 0 Å². The molecule has 6 heteroatoms. The van der Waals surface area contributed by atoms with Gasteiger partial charge in [-0.3, -0.25) is 4.98 Å². The Labute approximate surface area is 117 Å². The first-order valence-corrected chi connectivity index (χ1v) is 6.97. The summed E-state index contributed by atoms with van der Waals surface area (Å²) >= 11 is 0. The molecule has 1 unspecified atom stereocenters. The maximum absolute atomic E-state index is 12.9. The van der Waals surface area contributed by atoms with Gasteiger partial charge in [-0.2, -0.15) is 13.2 Å². The summed E-state index contributed by atoms with van der Waals surface area (Å²) in [6, 6.07) is 1.87. The highest BCUT2D eigenvalue weighted by molar-refractivity contribution is 5.52. The molecular weight excluding hydrogens is 267 g/mol. The molecule has 0 aliphatic carbocycles. The van der Waals surface area contributed by atoms with E-state index in [4.69, 9.17) is 0 Å². The molecule has 1 saturated heterocycles. The van der Waals surface area contributed by atoms with E-state index < -0.39 is 12.1 Å². The summed E-state index contributed by atoms with van der Waals surface area (Å²) < 4.78 is 38.6. The van der Waals surface area contributed by atoms with Gasteiger partial charge in [-0.15, -0.1) is 0 Å². The maximum Gasteiger partial charge on any atom is 0.393 e. The number of rotatable bonds is 4. The Morgan fingerprint density at radius 2 is 2.25 bits per heavy atom. The average Bonchev–Trinajstić information content (AvgIpc) is 2.45. The molecule has 0 radical (unpaired) electrons. The molecule has 0 amide bonds. The normalized spacial score (nSPS) is 20.2. The number of aromatic nitrogens is 1. The second-order valence-electron chi connectivity index (χ2n) is 5.11. The summed E-state index contributed by atoms with van der Waals surface area (Å²) in [7, 11) is 0. The van der Waals surface area contributed by atoms with Crippen LogP contribution in [-0.4, -0.2) is 30.8 Å². The Hall–Kier alpha value is -1.30. The quantitative estimate of drug-likeness (QED) is 0.923. The Morgan fingerprint density at radius 3 is 2.95 bits per heavy atom. The van der Waals surface area contributed by atoms with Crippen LogP contribution in [0, 0.1) is 5.92 Å². The van der Waals surface area contributed by atoms with Crippen molar-refractivity contribution in [1.29, 1.82) is 0 Å². The van der Waals surface area contributed by atoms with Gasteiger partial charge in [-0.1, -0.05) is 6.92 Å². The highest BCUT2D eigenvalue weighted by Gasteiger charge is 2.42. The zero-order valence-corrected chi connectivity index (χ0v) is 11.6. The van der Waals surface area contributed by atoms with Crippen molar-refractivity contribution in [2.75, 3.05) is 24.5 Å². The van der Waals surface area contributed by atoms with Crippen LogP contribution in [0.5, 0.6) is 0 Å². The second-order valence-corrected chi connectivity index (χ2v) is 5.11. The number of anilines is 1. The average molecular weight is 287 g/mol. The van der Waals surface area contributed by atoms with Crippen molar-refractivity contribution >= 4 is 5.69 Å². The summed E-state index contributed by atoms with van der Waals surface area (Å²) in [5.74, 6) is -1.23. The molecule has 1 N–H and O–H groups in total. The van der Waals surface area contributed by atoms with Crippen LogP contribution >= 0.6 is 0 Å². The second kappa shape index (κ2) is 6.43. The molecule has 1 aromatic rings. The van der Waals surface area contributed by atoms with Crippen molar-refractivity contribution in [2.45, 2.75) is 32.5 Å². The van der Waals surface area contributed by atoms with Gasteiger partial charge in [-0.05, 0) is 31.0 Å². The van der Waals surface area contributed by atoms with Gasteiger partial charge >= 0.3 is 6.18 Å². The van der Waals surface area contributed by atoms with Crippen LogP contribution < -0.4 is 10.2 Å². The van der Waals surface area contributed by atoms with Crippen LogP contribution in [0.4, 0.5) is 18.9 Å². The largest absolute Gasteiger partial charge is 0.393 e. The van der Waals surface area contributed by atoms with Gasteiger partial charge in [0.05, 0.1) is 17.8 Å². The zero-order valence-electron chi connectivity index (χ0n) is 11.6. The van der Waals surface area contributed by atoms with Crippen molar-refractivity contribution in [3.05, 3.63) is 24.0 Å². The number of pyridine rings is 1. The van der Waals surface area contributed by atoms with E-state index in [2.05, 4.69) is 10.3 Å². The summed E-state index contributed by atoms with van der Waals surface area (Å²) in [5, 5.41) is 3.21. The highest BCUT2D eigenvalue weighted by Crippen LogP contribution is 2.35. The Balaban J connectivity index is 2.14. The number of nitrogens with one attached hydrogen (secondary N) is 1. The number of alkyl halides is 3. The molecule has 0 saturated carbocycles. The standard InChI is InChI=1S/C14H20F3N3/c1-2-18-8-11-5-6-19-9-13(11)20-7-3-4-12(10-20)14(15,16)17/h5-6,9,12,18H,2-4,7-8,10H2,1H3. The van der Waals surface area contributed by atoms with E-state index in [0.29, 0.717) is 19.5 Å². The number of nitrogens with zero attached hydrogens (tertiary/aromatic N) is 2. The molecule has 112 valence electrons. The van der Waals surface area contributed by atoms with Crippen molar-refractivity contribution < 1.29 is 13.2 Å². The molecule has 1 aliphatic heterocycles. The molecule has 1 atom stereocenters. The Bertz CT molecular complexity index is 434. The number of piperidine rings is 1. The fourth-order valence-corrected chi connectivity index (χ4v) is 2.57. The molecule has 1 fully saturated rings. The van der Waals surface area contributed by atoms with Gasteiger partial charge in [-0.25, -0.2) is 0 Å². The van der Waals surface area contributed by atoms with E-state index in [1.807, 2.05) is 17.9 Å². The molecule has 0 bridgehead atoms. The van der Waals surface area contributed by atoms with Crippen LogP contribution in [0.3, 0.4) is 0 Å². The first kappa shape index (κ1) is 15.1. The van der Waals surface area contributed by atoms with Gasteiger partial charge in [0.15, 0.2) is 0 Å². The first-order valence-electron chi connectivity index (χ1n) is 6.97. The third-order valence-electron chi connectivity index (χ3n) is 3.68. The van der Waals surface area contributed by atoms with Gasteiger partial charge in [0, 0.05) is 25.8 Å². The zero-order chi connectivity index (χ0) is 14.6. The summed E-state index contributed by atoms with van der Waals surface area (Å²) in [5.41, 5.74) is 1.83. The van der Waals surface area contributed by atoms with Crippen molar-refractivity contribution in [3.63, 3.8) is 0 Å². The molecule has 2 rings (SSSR count). The fourth-order valence-electron chi connectivity index (χ4n) is 2.57. The first-order chi connectivity index (χ1) is 9.52. The smallest absolute Gasteiger partial charge is 0.369 e. The van der Waals surface area contributed by atoms with E-state index in [1.165, 1.54) is 0 Å². The number of halogens is 3. The molecule has 1 aliphatic rings. The lowest BCUT2D eigenvalue weighted by Crippen LogP contribution is -2.42. The molecule has 0 aromatic carbocycles. The minimum absolute atomic E-state index is 0.0360. The maximum atomic E-state index is 12.9. The van der Waals surface area contributed by atoms with E-state index in [9.17, 15) is 13.2 Å². The van der Waals surface area contributed by atoms with Crippen LogP contribution in [0.15, 0.2) is 18.5 Å². The van der Waals surface area contributed by atoms with Crippen LogP contribution in [0.1, 0.15) is 25.3 Å². The van der Waals surface area contributed by atoms with E-state index in [1.54, 1.807) is 12.4 Å². The Morgan fingerprint density at radius 1 is 1.45 bits per heavy atom. The molecule has 0 spiro atoms. The minimum atomic E-state index is -4.11.